The van der Waals surface area contributed by atoms with Crippen molar-refractivity contribution in [2.45, 2.75) is 13.1 Å². The molecule has 1 aromatic rings. The van der Waals surface area contributed by atoms with E-state index in [1.165, 1.54) is 4.90 Å². The molecule has 0 aliphatic heterocycles. The fourth-order valence-electron chi connectivity index (χ4n) is 1.70. The summed E-state index contributed by atoms with van der Waals surface area (Å²) in [5, 5.41) is 20.6. The molecule has 0 aliphatic rings. The minimum absolute atomic E-state index is 0.0684. The number of hydrogen-bond acceptors (Lipinski definition) is 5. The molecule has 0 atom stereocenters. The van der Waals surface area contributed by atoms with Gasteiger partial charge in [-0.3, -0.25) is 0 Å². The molecule has 114 valence electrons. The highest BCUT2D eigenvalue weighted by Crippen LogP contribution is 2.32. The maximum atomic E-state index is 12.9. The fraction of sp³-hybridized carbons (Fsp3) is 0.583. The lowest BCUT2D eigenvalue weighted by Crippen LogP contribution is -2.31. The lowest BCUT2D eigenvalue weighted by molar-refractivity contribution is -0.137. The standard InChI is InChI=1S/C12H18F3N3O2/c1-2-16-10-7-9(12(13,14)15)8-11(17-10)18(3-5-19)4-6-20/h7-8,19-20H,2-6H2,1H3,(H,16,17). The molecule has 1 aromatic heterocycles. The van der Waals surface area contributed by atoms with Crippen molar-refractivity contribution in [3.8, 4) is 0 Å². The number of nitrogens with one attached hydrogen (secondary N) is 1. The zero-order valence-electron chi connectivity index (χ0n) is 11.1. The molecule has 0 radical (unpaired) electrons. The van der Waals surface area contributed by atoms with Crippen molar-refractivity contribution in [3.05, 3.63) is 17.7 Å². The van der Waals surface area contributed by atoms with Gasteiger partial charge in [-0.1, -0.05) is 0 Å². The van der Waals surface area contributed by atoms with Gasteiger partial charge in [0.25, 0.3) is 0 Å². The van der Waals surface area contributed by atoms with E-state index in [2.05, 4.69) is 10.3 Å². The van der Waals surface area contributed by atoms with Crippen molar-refractivity contribution in [2.75, 3.05) is 43.1 Å². The monoisotopic (exact) mass is 293 g/mol. The number of aliphatic hydroxyl groups excluding tert-OH is 2. The number of halogens is 3. The molecule has 3 N–H and O–H groups in total. The molecule has 8 heteroatoms. The average Bonchev–Trinajstić information content (AvgIpc) is 2.37. The van der Waals surface area contributed by atoms with E-state index in [9.17, 15) is 13.2 Å². The second kappa shape index (κ2) is 7.30. The predicted molar refractivity (Wildman–Crippen MR) is 69.8 cm³/mol. The first-order valence-corrected chi connectivity index (χ1v) is 6.22. The molecule has 5 nitrogen and oxygen atoms in total. The third-order valence-electron chi connectivity index (χ3n) is 2.56. The Labute approximate surface area is 115 Å². The maximum absolute atomic E-state index is 12.9. The number of nitrogens with zero attached hydrogens (tertiary/aromatic N) is 2. The summed E-state index contributed by atoms with van der Waals surface area (Å²) in [7, 11) is 0. The van der Waals surface area contributed by atoms with Gasteiger partial charge in [0.2, 0.25) is 0 Å². The van der Waals surface area contributed by atoms with E-state index in [1.807, 2.05) is 0 Å². The number of aliphatic hydroxyl groups is 2. The largest absolute Gasteiger partial charge is 0.416 e. The first-order valence-electron chi connectivity index (χ1n) is 6.22. The van der Waals surface area contributed by atoms with Crippen LogP contribution in [-0.4, -0.2) is 48.0 Å². The minimum atomic E-state index is -4.48. The van der Waals surface area contributed by atoms with E-state index in [4.69, 9.17) is 10.2 Å². The molecule has 0 aliphatic carbocycles. The molecule has 0 saturated heterocycles. The highest BCUT2D eigenvalue weighted by molar-refractivity contribution is 5.51. The fourth-order valence-corrected chi connectivity index (χ4v) is 1.70. The van der Waals surface area contributed by atoms with Crippen LogP contribution in [0.2, 0.25) is 0 Å². The lowest BCUT2D eigenvalue weighted by Gasteiger charge is -2.23. The zero-order chi connectivity index (χ0) is 15.2. The van der Waals surface area contributed by atoms with Crippen LogP contribution in [0.5, 0.6) is 0 Å². The SMILES string of the molecule is CCNc1cc(C(F)(F)F)cc(N(CCO)CCO)n1. The van der Waals surface area contributed by atoms with Gasteiger partial charge in [-0.25, -0.2) is 4.98 Å². The summed E-state index contributed by atoms with van der Waals surface area (Å²) >= 11 is 0. The van der Waals surface area contributed by atoms with Gasteiger partial charge < -0.3 is 20.4 Å². The van der Waals surface area contributed by atoms with Gasteiger partial charge >= 0.3 is 6.18 Å². The van der Waals surface area contributed by atoms with E-state index >= 15 is 0 Å². The van der Waals surface area contributed by atoms with Gasteiger partial charge in [0.15, 0.2) is 0 Å². The summed E-state index contributed by atoms with van der Waals surface area (Å²) in [5.41, 5.74) is -0.820. The highest BCUT2D eigenvalue weighted by Gasteiger charge is 2.32. The van der Waals surface area contributed by atoms with Gasteiger partial charge in [-0.15, -0.1) is 0 Å². The Bertz CT molecular complexity index is 421. The Morgan fingerprint density at radius 3 is 2.25 bits per heavy atom. The Kier molecular flexibility index (Phi) is 6.03. The van der Waals surface area contributed by atoms with Crippen molar-refractivity contribution in [1.82, 2.24) is 4.98 Å². The summed E-state index contributed by atoms with van der Waals surface area (Å²) in [6.07, 6.45) is -4.48. The minimum Gasteiger partial charge on any atom is -0.395 e. The number of rotatable bonds is 7. The second-order valence-electron chi connectivity index (χ2n) is 4.06. The van der Waals surface area contributed by atoms with E-state index < -0.39 is 11.7 Å². The van der Waals surface area contributed by atoms with Gasteiger partial charge in [0.05, 0.1) is 18.8 Å². The molecule has 1 rings (SSSR count). The molecule has 0 aromatic carbocycles. The Hall–Kier alpha value is -1.54. The summed E-state index contributed by atoms with van der Waals surface area (Å²) in [5.74, 6) is 0.178. The predicted octanol–water partition coefficient (Wildman–Crippen LogP) is 1.32. The highest BCUT2D eigenvalue weighted by atomic mass is 19.4. The van der Waals surface area contributed by atoms with Crippen LogP contribution in [-0.2, 0) is 6.18 Å². The van der Waals surface area contributed by atoms with Crippen LogP contribution in [0.15, 0.2) is 12.1 Å². The van der Waals surface area contributed by atoms with Crippen LogP contribution in [0.3, 0.4) is 0 Å². The molecule has 0 bridgehead atoms. The number of anilines is 2. The molecule has 0 saturated carbocycles. The van der Waals surface area contributed by atoms with E-state index in [1.54, 1.807) is 6.92 Å². The van der Waals surface area contributed by atoms with E-state index in [-0.39, 0.29) is 37.9 Å². The van der Waals surface area contributed by atoms with E-state index in [0.29, 0.717) is 6.54 Å². The topological polar surface area (TPSA) is 68.6 Å². The smallest absolute Gasteiger partial charge is 0.395 e. The number of aromatic nitrogens is 1. The van der Waals surface area contributed by atoms with Crippen molar-refractivity contribution in [2.24, 2.45) is 0 Å². The van der Waals surface area contributed by atoms with Gasteiger partial charge in [0, 0.05) is 19.6 Å². The van der Waals surface area contributed by atoms with Gasteiger partial charge in [0.1, 0.15) is 11.6 Å². The lowest BCUT2D eigenvalue weighted by atomic mass is 10.2. The van der Waals surface area contributed by atoms with Gasteiger partial charge in [-0.05, 0) is 19.1 Å². The van der Waals surface area contributed by atoms with Crippen LogP contribution >= 0.6 is 0 Å². The second-order valence-corrected chi connectivity index (χ2v) is 4.06. The molecule has 0 amide bonds. The summed E-state index contributed by atoms with van der Waals surface area (Å²) in [4.78, 5) is 5.47. The summed E-state index contributed by atoms with van der Waals surface area (Å²) in [6.45, 7) is 1.90. The van der Waals surface area contributed by atoms with Crippen LogP contribution in [0.4, 0.5) is 24.8 Å². The van der Waals surface area contributed by atoms with Crippen molar-refractivity contribution in [1.29, 1.82) is 0 Å². The summed E-state index contributed by atoms with van der Waals surface area (Å²) in [6, 6.07) is 1.84. The van der Waals surface area contributed by atoms with E-state index in [0.717, 1.165) is 12.1 Å². The van der Waals surface area contributed by atoms with Crippen LogP contribution < -0.4 is 10.2 Å². The molecule has 0 fully saturated rings. The first kappa shape index (κ1) is 16.5. The van der Waals surface area contributed by atoms with Crippen molar-refractivity contribution >= 4 is 11.6 Å². The molecule has 0 unspecified atom stereocenters. The van der Waals surface area contributed by atoms with Crippen molar-refractivity contribution < 1.29 is 23.4 Å². The first-order chi connectivity index (χ1) is 9.42. The van der Waals surface area contributed by atoms with Crippen LogP contribution in [0.1, 0.15) is 12.5 Å². The molecule has 0 spiro atoms. The number of alkyl halides is 3. The normalized spacial score (nSPS) is 11.5. The Morgan fingerprint density at radius 1 is 1.20 bits per heavy atom. The van der Waals surface area contributed by atoms with Crippen LogP contribution in [0.25, 0.3) is 0 Å². The van der Waals surface area contributed by atoms with Crippen molar-refractivity contribution in [3.63, 3.8) is 0 Å². The number of hydrogen-bond donors (Lipinski definition) is 3. The average molecular weight is 293 g/mol. The quantitative estimate of drug-likeness (QED) is 0.707. The third kappa shape index (κ3) is 4.53. The number of pyridine rings is 1. The Balaban J connectivity index is 3.18. The maximum Gasteiger partial charge on any atom is 0.416 e. The zero-order valence-corrected chi connectivity index (χ0v) is 11.1. The van der Waals surface area contributed by atoms with Gasteiger partial charge in [-0.2, -0.15) is 13.2 Å². The molecule has 20 heavy (non-hydrogen) atoms. The third-order valence-corrected chi connectivity index (χ3v) is 2.56. The van der Waals surface area contributed by atoms with Crippen LogP contribution in [0, 0.1) is 0 Å². The molecule has 1 heterocycles. The summed E-state index contributed by atoms with van der Waals surface area (Å²) < 4.78 is 38.6. The molecular weight excluding hydrogens is 275 g/mol. The Morgan fingerprint density at radius 2 is 1.80 bits per heavy atom. The molecular formula is C12H18F3N3O2.